The Kier molecular flexibility index (Phi) is 4.40. The van der Waals surface area contributed by atoms with Gasteiger partial charge in [0.25, 0.3) is 0 Å². The third-order valence-electron chi connectivity index (χ3n) is 6.92. The highest BCUT2D eigenvalue weighted by Gasteiger charge is 2.47. The zero-order chi connectivity index (χ0) is 16.6. The summed E-state index contributed by atoms with van der Waals surface area (Å²) in [6.45, 7) is 3.54. The third-order valence-corrected chi connectivity index (χ3v) is 6.92. The minimum atomic E-state index is -0.160. The van der Waals surface area contributed by atoms with Crippen LogP contribution in [0.3, 0.4) is 0 Å². The van der Waals surface area contributed by atoms with E-state index in [1.807, 2.05) is 4.90 Å². The first-order valence-corrected chi connectivity index (χ1v) is 9.91. The Morgan fingerprint density at radius 1 is 1.04 bits per heavy atom. The summed E-state index contributed by atoms with van der Waals surface area (Å²) in [5.41, 5.74) is -0.160. The molecule has 0 bridgehead atoms. The monoisotopic (exact) mass is 330 g/mol. The molecule has 0 aromatic carbocycles. The number of carbonyl (C=O) groups is 2. The average molecular weight is 330 g/mol. The van der Waals surface area contributed by atoms with E-state index in [0.717, 1.165) is 70.6 Å². The van der Waals surface area contributed by atoms with E-state index in [4.69, 9.17) is 0 Å². The SMILES string of the molecule is O=C(C1CC=CC1)N1CCC[C@@]2(CC1)CCN(CC1CCC1)C2=O. The van der Waals surface area contributed by atoms with Crippen molar-refractivity contribution in [3.63, 3.8) is 0 Å². The standard InChI is InChI=1S/C20H30N2O2/c23-18(17-7-1-2-8-17)21-12-4-9-20(10-13-21)11-14-22(19(20)24)15-16-5-3-6-16/h1-2,16-17H,3-15H2/t20-/m1/s1. The van der Waals surface area contributed by atoms with Gasteiger partial charge in [-0.1, -0.05) is 18.6 Å². The highest BCUT2D eigenvalue weighted by molar-refractivity contribution is 5.85. The molecule has 4 aliphatic rings. The lowest BCUT2D eigenvalue weighted by molar-refractivity contribution is -0.139. The molecule has 2 aliphatic heterocycles. The summed E-state index contributed by atoms with van der Waals surface area (Å²) < 4.78 is 0. The summed E-state index contributed by atoms with van der Waals surface area (Å²) >= 11 is 0. The van der Waals surface area contributed by atoms with Crippen LogP contribution in [0.1, 0.15) is 57.8 Å². The summed E-state index contributed by atoms with van der Waals surface area (Å²) in [6.07, 6.45) is 13.8. The van der Waals surface area contributed by atoms with E-state index in [1.54, 1.807) is 0 Å². The largest absolute Gasteiger partial charge is 0.342 e. The van der Waals surface area contributed by atoms with Crippen molar-refractivity contribution in [1.82, 2.24) is 9.80 Å². The highest BCUT2D eigenvalue weighted by Crippen LogP contribution is 2.43. The zero-order valence-corrected chi connectivity index (χ0v) is 14.7. The fourth-order valence-corrected chi connectivity index (χ4v) is 5.01. The second kappa shape index (κ2) is 6.53. The minimum Gasteiger partial charge on any atom is -0.342 e. The van der Waals surface area contributed by atoms with Crippen molar-refractivity contribution < 1.29 is 9.59 Å². The van der Waals surface area contributed by atoms with E-state index in [1.165, 1.54) is 19.3 Å². The van der Waals surface area contributed by atoms with Gasteiger partial charge in [-0.3, -0.25) is 9.59 Å². The van der Waals surface area contributed by atoms with E-state index in [2.05, 4.69) is 17.1 Å². The molecular formula is C20H30N2O2. The minimum absolute atomic E-state index is 0.160. The predicted molar refractivity (Wildman–Crippen MR) is 93.3 cm³/mol. The summed E-state index contributed by atoms with van der Waals surface area (Å²) in [6, 6.07) is 0. The van der Waals surface area contributed by atoms with Crippen LogP contribution < -0.4 is 0 Å². The first-order chi connectivity index (χ1) is 11.7. The fourth-order valence-electron chi connectivity index (χ4n) is 5.01. The van der Waals surface area contributed by atoms with Crippen LogP contribution >= 0.6 is 0 Å². The van der Waals surface area contributed by atoms with Gasteiger partial charge in [-0.25, -0.2) is 0 Å². The Morgan fingerprint density at radius 2 is 1.79 bits per heavy atom. The molecule has 0 radical (unpaired) electrons. The van der Waals surface area contributed by atoms with Crippen LogP contribution in [0.15, 0.2) is 12.2 Å². The lowest BCUT2D eigenvalue weighted by atomic mass is 9.79. The van der Waals surface area contributed by atoms with E-state index >= 15 is 0 Å². The maximum absolute atomic E-state index is 13.1. The molecule has 2 saturated heterocycles. The van der Waals surface area contributed by atoms with Crippen molar-refractivity contribution in [3.05, 3.63) is 12.2 Å². The van der Waals surface area contributed by atoms with E-state index in [-0.39, 0.29) is 11.3 Å². The maximum Gasteiger partial charge on any atom is 0.228 e. The number of allylic oxidation sites excluding steroid dienone is 2. The van der Waals surface area contributed by atoms with Gasteiger partial charge in [0, 0.05) is 32.1 Å². The van der Waals surface area contributed by atoms with Gasteiger partial charge in [-0.2, -0.15) is 0 Å². The van der Waals surface area contributed by atoms with Gasteiger partial charge in [0.2, 0.25) is 11.8 Å². The van der Waals surface area contributed by atoms with Crippen molar-refractivity contribution in [2.75, 3.05) is 26.2 Å². The van der Waals surface area contributed by atoms with Gasteiger partial charge in [-0.05, 0) is 57.3 Å². The predicted octanol–water partition coefficient (Wildman–Crippen LogP) is 2.98. The summed E-state index contributed by atoms with van der Waals surface area (Å²) in [7, 11) is 0. The number of nitrogens with zero attached hydrogens (tertiary/aromatic N) is 2. The topological polar surface area (TPSA) is 40.6 Å². The number of rotatable bonds is 3. The molecule has 4 heteroatoms. The van der Waals surface area contributed by atoms with Crippen molar-refractivity contribution in [1.29, 1.82) is 0 Å². The molecule has 132 valence electrons. The van der Waals surface area contributed by atoms with Crippen LogP contribution in [0.5, 0.6) is 0 Å². The fraction of sp³-hybridized carbons (Fsp3) is 0.800. The molecule has 2 heterocycles. The Labute approximate surface area is 145 Å². The van der Waals surface area contributed by atoms with Gasteiger partial charge in [0.1, 0.15) is 0 Å². The van der Waals surface area contributed by atoms with Crippen LogP contribution in [0, 0.1) is 17.3 Å². The molecule has 3 fully saturated rings. The van der Waals surface area contributed by atoms with Crippen LogP contribution in [-0.2, 0) is 9.59 Å². The smallest absolute Gasteiger partial charge is 0.228 e. The highest BCUT2D eigenvalue weighted by atomic mass is 16.2. The van der Waals surface area contributed by atoms with Crippen molar-refractivity contribution >= 4 is 11.8 Å². The molecule has 4 rings (SSSR count). The maximum atomic E-state index is 13.1. The molecule has 2 aliphatic carbocycles. The summed E-state index contributed by atoms with van der Waals surface area (Å²) in [5, 5.41) is 0. The molecule has 1 atom stereocenters. The number of carbonyl (C=O) groups excluding carboxylic acids is 2. The van der Waals surface area contributed by atoms with Gasteiger partial charge >= 0.3 is 0 Å². The lowest BCUT2D eigenvalue weighted by Crippen LogP contribution is -2.40. The van der Waals surface area contributed by atoms with Gasteiger partial charge in [0.05, 0.1) is 5.41 Å². The molecule has 4 nitrogen and oxygen atoms in total. The molecule has 0 N–H and O–H groups in total. The third kappa shape index (κ3) is 2.89. The first kappa shape index (κ1) is 16.2. The van der Waals surface area contributed by atoms with Crippen LogP contribution in [0.2, 0.25) is 0 Å². The van der Waals surface area contributed by atoms with Crippen molar-refractivity contribution in [2.45, 2.75) is 57.8 Å². The molecular weight excluding hydrogens is 300 g/mol. The van der Waals surface area contributed by atoms with Crippen LogP contribution in [-0.4, -0.2) is 47.8 Å². The Hall–Kier alpha value is -1.32. The van der Waals surface area contributed by atoms with Crippen LogP contribution in [0.4, 0.5) is 0 Å². The van der Waals surface area contributed by atoms with Gasteiger partial charge in [0.15, 0.2) is 0 Å². The summed E-state index contributed by atoms with van der Waals surface area (Å²) in [5.74, 6) is 1.62. The number of hydrogen-bond acceptors (Lipinski definition) is 2. The molecule has 24 heavy (non-hydrogen) atoms. The number of likely N-dealkylation sites (tertiary alicyclic amines) is 2. The van der Waals surface area contributed by atoms with Gasteiger partial charge in [-0.15, -0.1) is 0 Å². The zero-order valence-electron chi connectivity index (χ0n) is 14.7. The molecule has 0 aromatic rings. The van der Waals surface area contributed by atoms with Crippen LogP contribution in [0.25, 0.3) is 0 Å². The summed E-state index contributed by atoms with van der Waals surface area (Å²) in [4.78, 5) is 29.9. The lowest BCUT2D eigenvalue weighted by Gasteiger charge is -2.32. The molecule has 0 unspecified atom stereocenters. The quantitative estimate of drug-likeness (QED) is 0.747. The number of hydrogen-bond donors (Lipinski definition) is 0. The van der Waals surface area contributed by atoms with Gasteiger partial charge < -0.3 is 9.80 Å². The first-order valence-electron chi connectivity index (χ1n) is 9.91. The Morgan fingerprint density at radius 3 is 2.50 bits per heavy atom. The van der Waals surface area contributed by atoms with Crippen molar-refractivity contribution in [2.24, 2.45) is 17.3 Å². The molecule has 1 saturated carbocycles. The Bertz CT molecular complexity index is 532. The molecule has 2 amide bonds. The second-order valence-corrected chi connectivity index (χ2v) is 8.40. The molecule has 0 aromatic heterocycles. The van der Waals surface area contributed by atoms with E-state index in [9.17, 15) is 9.59 Å². The Balaban J connectivity index is 1.37. The second-order valence-electron chi connectivity index (χ2n) is 8.40. The van der Waals surface area contributed by atoms with E-state index < -0.39 is 0 Å². The van der Waals surface area contributed by atoms with Crippen molar-refractivity contribution in [3.8, 4) is 0 Å². The molecule has 1 spiro atoms. The average Bonchev–Trinajstić information content (AvgIpc) is 3.10. The van der Waals surface area contributed by atoms with E-state index in [0.29, 0.717) is 11.8 Å². The number of amides is 2. The normalized spacial score (nSPS) is 31.8.